The summed E-state index contributed by atoms with van der Waals surface area (Å²) < 4.78 is 27.4. The van der Waals surface area contributed by atoms with E-state index in [4.69, 9.17) is 0 Å². The molecule has 1 saturated heterocycles. The molecule has 0 aromatic heterocycles. The van der Waals surface area contributed by atoms with E-state index in [2.05, 4.69) is 5.32 Å². The van der Waals surface area contributed by atoms with Gasteiger partial charge >= 0.3 is 0 Å². The molecular formula is C13H13F2NO2. The Hall–Kier alpha value is -1.78. The number of hydrogen-bond acceptors (Lipinski definition) is 2. The van der Waals surface area contributed by atoms with Crippen LogP contribution >= 0.6 is 0 Å². The molecule has 3 nitrogen and oxygen atoms in total. The molecule has 1 aliphatic heterocycles. The van der Waals surface area contributed by atoms with Crippen LogP contribution < -0.4 is 5.32 Å². The number of carbonyl (C=O) groups excluding carboxylic acids is 2. The van der Waals surface area contributed by atoms with Gasteiger partial charge in [0.25, 0.3) is 0 Å². The first-order chi connectivity index (χ1) is 8.54. The molecule has 0 bridgehead atoms. The molecule has 18 heavy (non-hydrogen) atoms. The normalized spacial score (nSPS) is 23.9. The molecule has 2 rings (SSSR count). The van der Waals surface area contributed by atoms with Gasteiger partial charge in [0.2, 0.25) is 11.8 Å². The van der Waals surface area contributed by atoms with Crippen LogP contribution in [0, 0.1) is 17.6 Å². The lowest BCUT2D eigenvalue weighted by molar-refractivity contribution is -0.137. The third-order valence-electron chi connectivity index (χ3n) is 3.30. The van der Waals surface area contributed by atoms with Gasteiger partial charge in [0.1, 0.15) is 11.6 Å². The highest BCUT2D eigenvalue weighted by molar-refractivity contribution is 5.99. The van der Waals surface area contributed by atoms with Gasteiger partial charge in [0, 0.05) is 23.8 Å². The predicted molar refractivity (Wildman–Crippen MR) is 60.6 cm³/mol. The maximum Gasteiger partial charge on any atom is 0.230 e. The molecule has 1 heterocycles. The summed E-state index contributed by atoms with van der Waals surface area (Å²) in [6.45, 7) is 1.76. The van der Waals surface area contributed by atoms with Crippen molar-refractivity contribution in [2.45, 2.75) is 25.7 Å². The quantitative estimate of drug-likeness (QED) is 0.821. The standard InChI is InChI=1S/C13H13F2NO2/c1-2-7-8(6-11(17)16-13(7)18)12-9(14)4-3-5-10(12)15/h3-5,7-8H,2,6H2,1H3,(H,16,17,18). The number of nitrogens with one attached hydrogen (secondary N) is 1. The van der Waals surface area contributed by atoms with E-state index in [1.807, 2.05) is 0 Å². The third-order valence-corrected chi connectivity index (χ3v) is 3.30. The van der Waals surface area contributed by atoms with Gasteiger partial charge in [-0.3, -0.25) is 14.9 Å². The fraction of sp³-hybridized carbons (Fsp3) is 0.385. The van der Waals surface area contributed by atoms with E-state index in [0.29, 0.717) is 6.42 Å². The summed E-state index contributed by atoms with van der Waals surface area (Å²) in [5.74, 6) is -3.66. The first-order valence-electron chi connectivity index (χ1n) is 5.82. The van der Waals surface area contributed by atoms with Gasteiger partial charge < -0.3 is 0 Å². The first-order valence-corrected chi connectivity index (χ1v) is 5.82. The lowest BCUT2D eigenvalue weighted by Gasteiger charge is -2.30. The van der Waals surface area contributed by atoms with Crippen LogP contribution in [0.25, 0.3) is 0 Å². The number of amides is 2. The van der Waals surface area contributed by atoms with Gasteiger partial charge in [-0.2, -0.15) is 0 Å². The van der Waals surface area contributed by atoms with Crippen molar-refractivity contribution in [3.63, 3.8) is 0 Å². The zero-order valence-corrected chi connectivity index (χ0v) is 9.87. The van der Waals surface area contributed by atoms with Crippen LogP contribution in [0.15, 0.2) is 18.2 Å². The van der Waals surface area contributed by atoms with Gasteiger partial charge in [-0.1, -0.05) is 13.0 Å². The van der Waals surface area contributed by atoms with Gasteiger partial charge in [0.05, 0.1) is 0 Å². The number of rotatable bonds is 2. The van der Waals surface area contributed by atoms with E-state index in [0.717, 1.165) is 12.1 Å². The molecule has 1 fully saturated rings. The minimum Gasteiger partial charge on any atom is -0.296 e. The molecule has 1 aromatic carbocycles. The van der Waals surface area contributed by atoms with Crippen molar-refractivity contribution in [2.75, 3.05) is 0 Å². The summed E-state index contributed by atoms with van der Waals surface area (Å²) in [5.41, 5.74) is -0.160. The predicted octanol–water partition coefficient (Wildman–Crippen LogP) is 2.12. The molecule has 96 valence electrons. The second-order valence-electron chi connectivity index (χ2n) is 4.37. The van der Waals surface area contributed by atoms with Crippen molar-refractivity contribution in [1.29, 1.82) is 0 Å². The zero-order chi connectivity index (χ0) is 13.3. The van der Waals surface area contributed by atoms with Crippen LogP contribution in [-0.2, 0) is 9.59 Å². The van der Waals surface area contributed by atoms with Crippen molar-refractivity contribution < 1.29 is 18.4 Å². The summed E-state index contributed by atoms with van der Waals surface area (Å²) in [4.78, 5) is 23.0. The van der Waals surface area contributed by atoms with E-state index in [-0.39, 0.29) is 12.0 Å². The number of piperidine rings is 1. The molecule has 2 amide bonds. The first kappa shape index (κ1) is 12.7. The Morgan fingerprint density at radius 1 is 1.28 bits per heavy atom. The molecule has 0 saturated carbocycles. The molecule has 2 atom stereocenters. The van der Waals surface area contributed by atoms with E-state index in [9.17, 15) is 18.4 Å². The second kappa shape index (κ2) is 4.84. The van der Waals surface area contributed by atoms with E-state index in [1.54, 1.807) is 6.92 Å². The Morgan fingerprint density at radius 3 is 2.44 bits per heavy atom. The van der Waals surface area contributed by atoms with Crippen LogP contribution in [0.3, 0.4) is 0 Å². The molecule has 2 unspecified atom stereocenters. The van der Waals surface area contributed by atoms with Crippen LogP contribution in [0.4, 0.5) is 8.78 Å². The van der Waals surface area contributed by atoms with Crippen molar-refractivity contribution in [1.82, 2.24) is 5.32 Å². The lowest BCUT2D eigenvalue weighted by atomic mass is 9.78. The zero-order valence-electron chi connectivity index (χ0n) is 9.87. The summed E-state index contributed by atoms with van der Waals surface area (Å²) in [6.07, 6.45) is 0.361. The SMILES string of the molecule is CCC1C(=O)NC(=O)CC1c1c(F)cccc1F. The summed E-state index contributed by atoms with van der Waals surface area (Å²) in [6, 6.07) is 3.55. The second-order valence-corrected chi connectivity index (χ2v) is 4.37. The number of hydrogen-bond donors (Lipinski definition) is 1. The van der Waals surface area contributed by atoms with E-state index >= 15 is 0 Å². The molecule has 1 N–H and O–H groups in total. The third kappa shape index (κ3) is 2.12. The molecule has 0 aliphatic carbocycles. The Labute approximate surface area is 103 Å². The molecule has 5 heteroatoms. The van der Waals surface area contributed by atoms with E-state index < -0.39 is 35.3 Å². The number of halogens is 2. The van der Waals surface area contributed by atoms with Crippen LogP contribution in [0.2, 0.25) is 0 Å². The Bertz CT molecular complexity index is 482. The minimum atomic E-state index is -0.725. The largest absolute Gasteiger partial charge is 0.296 e. The average Bonchev–Trinajstić information content (AvgIpc) is 2.28. The van der Waals surface area contributed by atoms with Crippen LogP contribution in [-0.4, -0.2) is 11.8 Å². The monoisotopic (exact) mass is 253 g/mol. The van der Waals surface area contributed by atoms with Gasteiger partial charge in [-0.05, 0) is 18.6 Å². The highest BCUT2D eigenvalue weighted by atomic mass is 19.1. The lowest BCUT2D eigenvalue weighted by Crippen LogP contribution is -2.45. The number of benzene rings is 1. The van der Waals surface area contributed by atoms with Gasteiger partial charge in [0.15, 0.2) is 0 Å². The molecule has 0 radical (unpaired) electrons. The molecule has 1 aliphatic rings. The fourth-order valence-electron chi connectivity index (χ4n) is 2.44. The summed E-state index contributed by atoms with van der Waals surface area (Å²) in [5, 5.41) is 2.20. The highest BCUT2D eigenvalue weighted by Crippen LogP contribution is 2.36. The van der Waals surface area contributed by atoms with Crippen molar-refractivity contribution in [3.05, 3.63) is 35.4 Å². The van der Waals surface area contributed by atoms with Crippen LogP contribution in [0.5, 0.6) is 0 Å². The summed E-state index contributed by atoms with van der Waals surface area (Å²) >= 11 is 0. The smallest absolute Gasteiger partial charge is 0.230 e. The van der Waals surface area contributed by atoms with Crippen molar-refractivity contribution in [3.8, 4) is 0 Å². The summed E-state index contributed by atoms with van der Waals surface area (Å²) in [7, 11) is 0. The maximum absolute atomic E-state index is 13.7. The fourth-order valence-corrected chi connectivity index (χ4v) is 2.44. The van der Waals surface area contributed by atoms with Crippen molar-refractivity contribution in [2.24, 2.45) is 5.92 Å². The Balaban J connectivity index is 2.46. The molecular weight excluding hydrogens is 240 g/mol. The van der Waals surface area contributed by atoms with Crippen LogP contribution in [0.1, 0.15) is 31.2 Å². The Kier molecular flexibility index (Phi) is 3.41. The maximum atomic E-state index is 13.7. The molecule has 1 aromatic rings. The van der Waals surface area contributed by atoms with Gasteiger partial charge in [-0.15, -0.1) is 0 Å². The average molecular weight is 253 g/mol. The Morgan fingerprint density at radius 2 is 1.89 bits per heavy atom. The topological polar surface area (TPSA) is 46.2 Å². The highest BCUT2D eigenvalue weighted by Gasteiger charge is 2.38. The van der Waals surface area contributed by atoms with Crippen molar-refractivity contribution >= 4 is 11.8 Å². The van der Waals surface area contributed by atoms with E-state index in [1.165, 1.54) is 6.07 Å². The molecule has 0 spiro atoms. The number of imide groups is 1. The minimum absolute atomic E-state index is 0.0674. The van der Waals surface area contributed by atoms with Gasteiger partial charge in [-0.25, -0.2) is 8.78 Å². The number of carbonyl (C=O) groups is 2.